The molecule has 0 fully saturated rings. The first kappa shape index (κ1) is 28.2. The van der Waals surface area contributed by atoms with Gasteiger partial charge in [-0.05, 0) is 64.1 Å². The van der Waals surface area contributed by atoms with E-state index in [4.69, 9.17) is 9.72 Å². The van der Waals surface area contributed by atoms with Crippen molar-refractivity contribution in [3.63, 3.8) is 0 Å². The number of carbonyl (C=O) groups excluding carboxylic acids is 1. The number of ether oxygens (including phenoxy) is 1. The number of carbonyl (C=O) groups is 1. The molecule has 2 N–H and O–H groups in total. The number of hydrogen-bond donors (Lipinski definition) is 2. The second-order valence-electron chi connectivity index (χ2n) is 10.8. The molecule has 0 saturated heterocycles. The number of aryl methyl sites for hydroxylation is 2. The Hall–Kier alpha value is -4.37. The van der Waals surface area contributed by atoms with Crippen molar-refractivity contribution in [1.82, 2.24) is 19.4 Å². The summed E-state index contributed by atoms with van der Waals surface area (Å²) in [5, 5.41) is 7.54. The third-order valence-electron chi connectivity index (χ3n) is 7.63. The Bertz CT molecular complexity index is 1590. The number of methoxy groups -OCH3 is 1. The summed E-state index contributed by atoms with van der Waals surface area (Å²) in [5.74, 6) is 0.784. The van der Waals surface area contributed by atoms with Crippen LogP contribution in [0.3, 0.4) is 0 Å². The Labute approximate surface area is 241 Å². The Balaban J connectivity index is 1.56. The van der Waals surface area contributed by atoms with Crippen LogP contribution in [0, 0.1) is 6.92 Å². The molecule has 0 unspecified atom stereocenters. The fraction of sp³-hybridized carbons (Fsp3) is 0.344. The van der Waals surface area contributed by atoms with E-state index in [-0.39, 0.29) is 5.91 Å². The molecule has 2 aromatic heterocycles. The van der Waals surface area contributed by atoms with Crippen LogP contribution < -0.4 is 20.3 Å². The number of benzene rings is 2. The van der Waals surface area contributed by atoms with Gasteiger partial charge >= 0.3 is 0 Å². The summed E-state index contributed by atoms with van der Waals surface area (Å²) in [7, 11) is 7.69. The van der Waals surface area contributed by atoms with Gasteiger partial charge in [-0.2, -0.15) is 0 Å². The lowest BCUT2D eigenvalue weighted by molar-refractivity contribution is -0.111. The molecule has 9 heteroatoms. The molecule has 9 nitrogen and oxygen atoms in total. The molecule has 1 aliphatic heterocycles. The number of aromatic nitrogens is 3. The highest BCUT2D eigenvalue weighted by atomic mass is 16.5. The number of para-hydroxylation sites is 1. The molecule has 3 heterocycles. The summed E-state index contributed by atoms with van der Waals surface area (Å²) in [6.07, 6.45) is 6.51. The lowest BCUT2D eigenvalue weighted by atomic mass is 10.0. The average Bonchev–Trinajstić information content (AvgIpc) is 3.31. The summed E-state index contributed by atoms with van der Waals surface area (Å²) >= 11 is 0. The van der Waals surface area contributed by atoms with Gasteiger partial charge in [-0.1, -0.05) is 24.8 Å². The Morgan fingerprint density at radius 2 is 1.95 bits per heavy atom. The maximum absolute atomic E-state index is 12.3. The molecular weight excluding hydrogens is 514 g/mol. The van der Waals surface area contributed by atoms with Gasteiger partial charge in [0.2, 0.25) is 11.9 Å². The zero-order chi connectivity index (χ0) is 29.1. The van der Waals surface area contributed by atoms with Crippen molar-refractivity contribution in [1.29, 1.82) is 0 Å². The van der Waals surface area contributed by atoms with Crippen LogP contribution in [-0.2, 0) is 17.8 Å². The molecule has 4 aromatic rings. The monoisotopic (exact) mass is 553 g/mol. The van der Waals surface area contributed by atoms with Gasteiger partial charge in [0, 0.05) is 61.1 Å². The number of nitrogens with zero attached hydrogens (tertiary/aromatic N) is 5. The van der Waals surface area contributed by atoms with Crippen LogP contribution in [0.4, 0.5) is 23.0 Å². The molecule has 0 radical (unpaired) electrons. The number of likely N-dealkylation sites (N-methyl/N-ethyl adjacent to an activating group) is 2. The summed E-state index contributed by atoms with van der Waals surface area (Å²) in [6, 6.07) is 12.4. The van der Waals surface area contributed by atoms with Crippen LogP contribution in [0.25, 0.3) is 22.2 Å². The molecule has 0 aliphatic carbocycles. The largest absolute Gasteiger partial charge is 0.494 e. The molecule has 2 aromatic carbocycles. The second kappa shape index (κ2) is 12.0. The van der Waals surface area contributed by atoms with Gasteiger partial charge in [0.25, 0.3) is 0 Å². The molecular formula is C32H39N7O2. The van der Waals surface area contributed by atoms with Crippen molar-refractivity contribution in [2.75, 3.05) is 56.9 Å². The minimum atomic E-state index is -0.289. The van der Waals surface area contributed by atoms with Crippen LogP contribution in [0.1, 0.15) is 24.1 Å². The number of anilines is 4. The topological polar surface area (TPSA) is 87.5 Å². The molecule has 0 atom stereocenters. The standard InChI is InChI=1S/C32H39N7O2/c1-7-29(40)34-23-18-24(28(41-6)19-27(23)38(5)17-16-37(3)4)35-32-33-20-21(2)31(36-32)30-22-12-8-9-13-25(22)39-15-11-10-14-26(30)39/h7-9,12-13,18-20H,1,10-11,14-17H2,2-6H3,(H,34,40)(H,33,35,36). The predicted molar refractivity (Wildman–Crippen MR) is 168 cm³/mol. The summed E-state index contributed by atoms with van der Waals surface area (Å²) < 4.78 is 8.24. The minimum absolute atomic E-state index is 0.289. The van der Waals surface area contributed by atoms with Gasteiger partial charge in [0.05, 0.1) is 29.9 Å². The number of amides is 1. The van der Waals surface area contributed by atoms with E-state index in [9.17, 15) is 4.79 Å². The minimum Gasteiger partial charge on any atom is -0.494 e. The maximum atomic E-state index is 12.3. The number of rotatable bonds is 10. The van der Waals surface area contributed by atoms with Gasteiger partial charge in [-0.3, -0.25) is 4.79 Å². The highest BCUT2D eigenvalue weighted by Crippen LogP contribution is 2.40. The first-order valence-corrected chi connectivity index (χ1v) is 14.0. The number of fused-ring (bicyclic) bond motifs is 3. The maximum Gasteiger partial charge on any atom is 0.247 e. The Morgan fingerprint density at radius 1 is 1.15 bits per heavy atom. The van der Waals surface area contributed by atoms with E-state index < -0.39 is 0 Å². The third kappa shape index (κ3) is 5.76. The van der Waals surface area contributed by atoms with E-state index in [2.05, 4.69) is 67.8 Å². The SMILES string of the molecule is C=CC(=O)Nc1cc(Nc2ncc(C)c(-c3c4n(c5ccccc35)CCCC4)n2)c(OC)cc1N(C)CCN(C)C. The molecule has 0 saturated carbocycles. The van der Waals surface area contributed by atoms with Crippen molar-refractivity contribution >= 4 is 39.8 Å². The van der Waals surface area contributed by atoms with Crippen molar-refractivity contribution < 1.29 is 9.53 Å². The molecule has 0 spiro atoms. The van der Waals surface area contributed by atoms with Gasteiger partial charge in [-0.25, -0.2) is 9.97 Å². The zero-order valence-corrected chi connectivity index (χ0v) is 24.6. The Kier molecular flexibility index (Phi) is 8.26. The first-order valence-electron chi connectivity index (χ1n) is 14.0. The van der Waals surface area contributed by atoms with Crippen molar-refractivity contribution in [2.24, 2.45) is 0 Å². The summed E-state index contributed by atoms with van der Waals surface area (Å²) in [5.41, 5.74) is 7.84. The van der Waals surface area contributed by atoms with Crippen molar-refractivity contribution in [3.8, 4) is 17.0 Å². The summed E-state index contributed by atoms with van der Waals surface area (Å²) in [6.45, 7) is 8.31. The van der Waals surface area contributed by atoms with Crippen molar-refractivity contribution in [3.05, 3.63) is 66.5 Å². The highest BCUT2D eigenvalue weighted by Gasteiger charge is 2.23. The van der Waals surface area contributed by atoms with Gasteiger partial charge < -0.3 is 29.7 Å². The van der Waals surface area contributed by atoms with E-state index in [0.29, 0.717) is 23.1 Å². The van der Waals surface area contributed by atoms with E-state index >= 15 is 0 Å². The normalized spacial score (nSPS) is 12.7. The summed E-state index contributed by atoms with van der Waals surface area (Å²) in [4.78, 5) is 26.2. The van der Waals surface area contributed by atoms with Crippen LogP contribution >= 0.6 is 0 Å². The van der Waals surface area contributed by atoms with Crippen molar-refractivity contribution in [2.45, 2.75) is 32.7 Å². The van der Waals surface area contributed by atoms with Gasteiger partial charge in [0.15, 0.2) is 0 Å². The van der Waals surface area contributed by atoms with Crippen LogP contribution in [0.15, 0.2) is 55.3 Å². The van der Waals surface area contributed by atoms with E-state index in [1.807, 2.05) is 39.5 Å². The molecule has 0 bridgehead atoms. The van der Waals surface area contributed by atoms with Crippen LogP contribution in [0.2, 0.25) is 0 Å². The molecule has 1 amide bonds. The lowest BCUT2D eigenvalue weighted by Crippen LogP contribution is -2.29. The number of nitrogens with one attached hydrogen (secondary N) is 2. The smallest absolute Gasteiger partial charge is 0.247 e. The highest BCUT2D eigenvalue weighted by molar-refractivity contribution is 6.02. The predicted octanol–water partition coefficient (Wildman–Crippen LogP) is 5.62. The average molecular weight is 554 g/mol. The van der Waals surface area contributed by atoms with Crippen LogP contribution in [-0.4, -0.2) is 66.7 Å². The molecule has 41 heavy (non-hydrogen) atoms. The second-order valence-corrected chi connectivity index (χ2v) is 10.8. The van der Waals surface area contributed by atoms with Gasteiger partial charge in [0.1, 0.15) is 5.75 Å². The van der Waals surface area contributed by atoms with E-state index in [1.165, 1.54) is 41.1 Å². The van der Waals surface area contributed by atoms with E-state index in [0.717, 1.165) is 43.0 Å². The molecule has 5 rings (SSSR count). The quantitative estimate of drug-likeness (QED) is 0.247. The molecule has 214 valence electrons. The van der Waals surface area contributed by atoms with Crippen LogP contribution in [0.5, 0.6) is 5.75 Å². The molecule has 1 aliphatic rings. The Morgan fingerprint density at radius 3 is 2.71 bits per heavy atom. The third-order valence-corrected chi connectivity index (χ3v) is 7.63. The lowest BCUT2D eigenvalue weighted by Gasteiger charge is -2.26. The fourth-order valence-electron chi connectivity index (χ4n) is 5.48. The fourth-order valence-corrected chi connectivity index (χ4v) is 5.48. The zero-order valence-electron chi connectivity index (χ0n) is 24.6. The van der Waals surface area contributed by atoms with E-state index in [1.54, 1.807) is 7.11 Å². The number of hydrogen-bond acceptors (Lipinski definition) is 7. The van der Waals surface area contributed by atoms with Gasteiger partial charge in [-0.15, -0.1) is 0 Å². The first-order chi connectivity index (χ1) is 19.8.